The lowest BCUT2D eigenvalue weighted by atomic mass is 10.2. The average molecular weight is 322 g/mol. The molecule has 2 aromatic rings. The standard InChI is InChI=1S/C17H17Cl2NO/c1-3-11-21-16-10-7-12(2)20-15(16)9-8-13-5-4-6-14(18)17(13)19/h4-10H,3,11H2,1-2H3. The van der Waals surface area contributed by atoms with E-state index in [1.807, 2.05) is 43.3 Å². The van der Waals surface area contributed by atoms with Crippen molar-refractivity contribution in [3.63, 3.8) is 0 Å². The minimum atomic E-state index is 0.540. The largest absolute Gasteiger partial charge is 0.491 e. The third kappa shape index (κ3) is 4.23. The van der Waals surface area contributed by atoms with Crippen LogP contribution in [0.4, 0.5) is 0 Å². The van der Waals surface area contributed by atoms with E-state index in [9.17, 15) is 0 Å². The second-order valence-corrected chi connectivity index (χ2v) is 5.45. The number of pyridine rings is 1. The molecule has 4 heteroatoms. The summed E-state index contributed by atoms with van der Waals surface area (Å²) in [7, 11) is 0. The number of benzene rings is 1. The lowest BCUT2D eigenvalue weighted by molar-refractivity contribution is 0.315. The van der Waals surface area contributed by atoms with Gasteiger partial charge in [-0.05, 0) is 43.2 Å². The van der Waals surface area contributed by atoms with Crippen LogP contribution in [0.1, 0.15) is 30.3 Å². The van der Waals surface area contributed by atoms with Crippen LogP contribution in [-0.2, 0) is 0 Å². The lowest BCUT2D eigenvalue weighted by Gasteiger charge is -2.08. The molecule has 21 heavy (non-hydrogen) atoms. The van der Waals surface area contributed by atoms with Gasteiger partial charge in [-0.25, -0.2) is 4.98 Å². The molecule has 2 nitrogen and oxygen atoms in total. The molecule has 110 valence electrons. The summed E-state index contributed by atoms with van der Waals surface area (Å²) in [5.41, 5.74) is 2.59. The van der Waals surface area contributed by atoms with Crippen molar-refractivity contribution in [1.82, 2.24) is 4.98 Å². The van der Waals surface area contributed by atoms with Gasteiger partial charge in [0.25, 0.3) is 0 Å². The van der Waals surface area contributed by atoms with E-state index in [4.69, 9.17) is 27.9 Å². The fourth-order valence-electron chi connectivity index (χ4n) is 1.84. The summed E-state index contributed by atoms with van der Waals surface area (Å²) in [6.07, 6.45) is 4.75. The smallest absolute Gasteiger partial charge is 0.144 e. The Bertz CT molecular complexity index is 653. The summed E-state index contributed by atoms with van der Waals surface area (Å²) in [5, 5.41) is 1.08. The van der Waals surface area contributed by atoms with Crippen molar-refractivity contribution < 1.29 is 4.74 Å². The first kappa shape index (κ1) is 15.9. The number of aromatic nitrogens is 1. The maximum atomic E-state index is 6.18. The van der Waals surface area contributed by atoms with Crippen LogP contribution in [0.3, 0.4) is 0 Å². The number of aryl methyl sites for hydroxylation is 1. The second-order valence-electron chi connectivity index (χ2n) is 4.66. The molecule has 0 N–H and O–H groups in total. The van der Waals surface area contributed by atoms with Gasteiger partial charge in [-0.15, -0.1) is 0 Å². The van der Waals surface area contributed by atoms with Crippen LogP contribution >= 0.6 is 23.2 Å². The number of hydrogen-bond donors (Lipinski definition) is 0. The molecule has 0 aliphatic rings. The van der Waals surface area contributed by atoms with E-state index in [1.165, 1.54) is 0 Å². The Hall–Kier alpha value is -1.51. The molecule has 0 radical (unpaired) electrons. The van der Waals surface area contributed by atoms with Crippen molar-refractivity contribution in [2.75, 3.05) is 6.61 Å². The average Bonchev–Trinajstić information content (AvgIpc) is 2.48. The van der Waals surface area contributed by atoms with Crippen molar-refractivity contribution in [3.8, 4) is 5.75 Å². The number of rotatable bonds is 5. The lowest BCUT2D eigenvalue weighted by Crippen LogP contribution is -1.99. The van der Waals surface area contributed by atoms with Crippen LogP contribution in [0.25, 0.3) is 12.2 Å². The van der Waals surface area contributed by atoms with Crippen LogP contribution in [0.15, 0.2) is 30.3 Å². The topological polar surface area (TPSA) is 22.1 Å². The van der Waals surface area contributed by atoms with E-state index in [1.54, 1.807) is 6.07 Å². The molecular weight excluding hydrogens is 305 g/mol. The summed E-state index contributed by atoms with van der Waals surface area (Å²) < 4.78 is 5.71. The van der Waals surface area contributed by atoms with Gasteiger partial charge in [-0.3, -0.25) is 0 Å². The van der Waals surface area contributed by atoms with Crippen molar-refractivity contribution in [3.05, 3.63) is 57.3 Å². The van der Waals surface area contributed by atoms with Gasteiger partial charge in [0.2, 0.25) is 0 Å². The first-order chi connectivity index (χ1) is 10.1. The quantitative estimate of drug-likeness (QED) is 0.709. The van der Waals surface area contributed by atoms with Crippen LogP contribution in [0, 0.1) is 6.92 Å². The van der Waals surface area contributed by atoms with Crippen molar-refractivity contribution in [2.45, 2.75) is 20.3 Å². The maximum absolute atomic E-state index is 6.18. The van der Waals surface area contributed by atoms with Crippen molar-refractivity contribution >= 4 is 35.4 Å². The molecule has 0 spiro atoms. The highest BCUT2D eigenvalue weighted by atomic mass is 35.5. The monoisotopic (exact) mass is 321 g/mol. The van der Waals surface area contributed by atoms with Gasteiger partial charge in [0.15, 0.2) is 0 Å². The summed E-state index contributed by atoms with van der Waals surface area (Å²) in [4.78, 5) is 4.51. The predicted molar refractivity (Wildman–Crippen MR) is 90.2 cm³/mol. The minimum absolute atomic E-state index is 0.540. The molecule has 0 atom stereocenters. The van der Waals surface area contributed by atoms with Gasteiger partial charge in [-0.1, -0.05) is 48.3 Å². The highest BCUT2D eigenvalue weighted by molar-refractivity contribution is 6.42. The van der Waals surface area contributed by atoms with E-state index >= 15 is 0 Å². The molecule has 0 unspecified atom stereocenters. The molecule has 0 aliphatic heterocycles. The van der Waals surface area contributed by atoms with Gasteiger partial charge in [0.05, 0.1) is 16.7 Å². The van der Waals surface area contributed by atoms with Crippen molar-refractivity contribution in [2.24, 2.45) is 0 Å². The Labute approximate surface area is 135 Å². The zero-order valence-corrected chi connectivity index (χ0v) is 13.6. The number of hydrogen-bond acceptors (Lipinski definition) is 2. The first-order valence-electron chi connectivity index (χ1n) is 6.84. The number of halogens is 2. The van der Waals surface area contributed by atoms with Crippen molar-refractivity contribution in [1.29, 1.82) is 0 Å². The first-order valence-corrected chi connectivity index (χ1v) is 7.60. The fraction of sp³-hybridized carbons (Fsp3) is 0.235. The molecule has 1 aromatic heterocycles. The Morgan fingerprint density at radius 2 is 1.95 bits per heavy atom. The molecule has 1 heterocycles. The van der Waals surface area contributed by atoms with E-state index in [0.29, 0.717) is 16.7 Å². The molecule has 0 aliphatic carbocycles. The van der Waals surface area contributed by atoms with Crippen LogP contribution < -0.4 is 4.74 Å². The fourth-order valence-corrected chi connectivity index (χ4v) is 2.21. The third-order valence-electron chi connectivity index (χ3n) is 2.89. The zero-order chi connectivity index (χ0) is 15.2. The Morgan fingerprint density at radius 1 is 1.14 bits per heavy atom. The molecule has 0 bridgehead atoms. The third-order valence-corrected chi connectivity index (χ3v) is 3.72. The minimum Gasteiger partial charge on any atom is -0.491 e. The zero-order valence-electron chi connectivity index (χ0n) is 12.1. The van der Waals surface area contributed by atoms with Gasteiger partial charge >= 0.3 is 0 Å². The predicted octanol–water partition coefficient (Wildman–Crippen LogP) is 5.66. The summed E-state index contributed by atoms with van der Waals surface area (Å²) >= 11 is 12.2. The summed E-state index contributed by atoms with van der Waals surface area (Å²) in [6.45, 7) is 4.69. The van der Waals surface area contributed by atoms with Crippen LogP contribution in [-0.4, -0.2) is 11.6 Å². The SMILES string of the molecule is CCCOc1ccc(C)nc1C=Cc1cccc(Cl)c1Cl. The highest BCUT2D eigenvalue weighted by Crippen LogP contribution is 2.27. The highest BCUT2D eigenvalue weighted by Gasteiger charge is 2.04. The summed E-state index contributed by atoms with van der Waals surface area (Å²) in [5.74, 6) is 0.775. The normalized spacial score (nSPS) is 11.0. The number of nitrogens with zero attached hydrogens (tertiary/aromatic N) is 1. The van der Waals surface area contributed by atoms with E-state index in [-0.39, 0.29) is 0 Å². The molecule has 0 amide bonds. The molecular formula is C17H17Cl2NO. The molecule has 0 saturated carbocycles. The molecule has 0 fully saturated rings. The van der Waals surface area contributed by atoms with Gasteiger partial charge in [0, 0.05) is 5.69 Å². The van der Waals surface area contributed by atoms with Gasteiger partial charge < -0.3 is 4.74 Å². The van der Waals surface area contributed by atoms with Gasteiger partial charge in [0.1, 0.15) is 11.4 Å². The Morgan fingerprint density at radius 3 is 2.71 bits per heavy atom. The van der Waals surface area contributed by atoms with Gasteiger partial charge in [-0.2, -0.15) is 0 Å². The van der Waals surface area contributed by atoms with E-state index in [0.717, 1.165) is 29.1 Å². The van der Waals surface area contributed by atoms with E-state index in [2.05, 4.69) is 11.9 Å². The Balaban J connectivity index is 2.31. The summed E-state index contributed by atoms with van der Waals surface area (Å²) in [6, 6.07) is 9.42. The Kier molecular flexibility index (Phi) is 5.66. The van der Waals surface area contributed by atoms with Crippen LogP contribution in [0.2, 0.25) is 10.0 Å². The van der Waals surface area contributed by atoms with E-state index < -0.39 is 0 Å². The maximum Gasteiger partial charge on any atom is 0.144 e. The number of ether oxygens (including phenoxy) is 1. The molecule has 0 saturated heterocycles. The second kappa shape index (κ2) is 7.48. The van der Waals surface area contributed by atoms with Crippen LogP contribution in [0.5, 0.6) is 5.75 Å². The molecule has 1 aromatic carbocycles. The molecule has 2 rings (SSSR count).